The number of halogens is 1. The average Bonchev–Trinajstić information content (AvgIpc) is 3.07. The van der Waals surface area contributed by atoms with Crippen molar-refractivity contribution in [3.8, 4) is 0 Å². The molecule has 5 nitrogen and oxygen atoms in total. The van der Waals surface area contributed by atoms with Crippen molar-refractivity contribution in [2.75, 3.05) is 26.3 Å². The lowest BCUT2D eigenvalue weighted by Gasteiger charge is -2.54. The van der Waals surface area contributed by atoms with Crippen molar-refractivity contribution in [3.63, 3.8) is 0 Å². The second kappa shape index (κ2) is 10.5. The van der Waals surface area contributed by atoms with E-state index < -0.39 is 0 Å². The Morgan fingerprint density at radius 3 is 2.69 bits per heavy atom. The summed E-state index contributed by atoms with van der Waals surface area (Å²) >= 11 is 0. The van der Waals surface area contributed by atoms with Crippen LogP contribution in [0.3, 0.4) is 0 Å². The highest BCUT2D eigenvalue weighted by Crippen LogP contribution is 2.52. The van der Waals surface area contributed by atoms with Gasteiger partial charge in [0, 0.05) is 43.7 Å². The van der Waals surface area contributed by atoms with E-state index in [1.807, 2.05) is 0 Å². The van der Waals surface area contributed by atoms with Gasteiger partial charge in [0.05, 0.1) is 12.2 Å². The normalized spacial score (nSPS) is 30.9. The molecule has 0 aromatic heterocycles. The lowest BCUT2D eigenvalue weighted by molar-refractivity contribution is -0.106. The molecule has 0 aromatic rings. The number of hydrogen-bond donors (Lipinski definition) is 2. The number of ether oxygens (including phenoxy) is 2. The molecule has 3 unspecified atom stereocenters. The minimum absolute atomic E-state index is 0. The van der Waals surface area contributed by atoms with Crippen molar-refractivity contribution >= 4 is 29.9 Å². The first kappa shape index (κ1) is 22.2. The number of aliphatic imine (C=N–C) groups is 1. The van der Waals surface area contributed by atoms with Gasteiger partial charge < -0.3 is 20.1 Å². The maximum atomic E-state index is 6.00. The van der Waals surface area contributed by atoms with Crippen molar-refractivity contribution in [1.29, 1.82) is 0 Å². The number of hydrogen-bond acceptors (Lipinski definition) is 3. The van der Waals surface area contributed by atoms with E-state index in [9.17, 15) is 0 Å². The molecule has 3 fully saturated rings. The molecule has 0 amide bonds. The van der Waals surface area contributed by atoms with Gasteiger partial charge >= 0.3 is 0 Å². The Hall–Kier alpha value is -0.0800. The molecule has 6 heteroatoms. The number of nitrogens with one attached hydrogen (secondary N) is 2. The van der Waals surface area contributed by atoms with Gasteiger partial charge in [-0.15, -0.1) is 24.0 Å². The van der Waals surface area contributed by atoms with Crippen LogP contribution in [0.25, 0.3) is 0 Å². The Morgan fingerprint density at radius 2 is 1.96 bits per heavy atom. The maximum Gasteiger partial charge on any atom is 0.191 e. The Balaban J connectivity index is 0.00000243. The zero-order chi connectivity index (χ0) is 17.7. The van der Waals surface area contributed by atoms with Gasteiger partial charge in [-0.25, -0.2) is 0 Å². The molecular formula is C20H38IN3O2. The van der Waals surface area contributed by atoms with Crippen molar-refractivity contribution in [1.82, 2.24) is 10.6 Å². The number of rotatable bonds is 7. The minimum Gasteiger partial charge on any atom is -0.378 e. The maximum absolute atomic E-state index is 6.00. The van der Waals surface area contributed by atoms with Gasteiger partial charge in [0.25, 0.3) is 0 Å². The molecule has 2 aliphatic carbocycles. The van der Waals surface area contributed by atoms with E-state index in [0.29, 0.717) is 24.2 Å². The monoisotopic (exact) mass is 479 g/mol. The lowest BCUT2D eigenvalue weighted by Crippen LogP contribution is -2.67. The summed E-state index contributed by atoms with van der Waals surface area (Å²) < 4.78 is 11.9. The second-order valence-electron chi connectivity index (χ2n) is 8.43. The molecule has 1 heterocycles. The molecule has 3 aliphatic rings. The van der Waals surface area contributed by atoms with Gasteiger partial charge in [-0.2, -0.15) is 0 Å². The lowest BCUT2D eigenvalue weighted by atomic mass is 9.57. The van der Waals surface area contributed by atoms with E-state index in [1.165, 1.54) is 38.5 Å². The van der Waals surface area contributed by atoms with Crippen LogP contribution in [-0.2, 0) is 9.47 Å². The van der Waals surface area contributed by atoms with Gasteiger partial charge in [0.2, 0.25) is 0 Å². The van der Waals surface area contributed by atoms with Crippen molar-refractivity contribution in [2.45, 2.75) is 84.0 Å². The first-order valence-electron chi connectivity index (χ1n) is 10.4. The summed E-state index contributed by atoms with van der Waals surface area (Å²) in [7, 11) is 0. The molecule has 26 heavy (non-hydrogen) atoms. The van der Waals surface area contributed by atoms with E-state index in [4.69, 9.17) is 14.5 Å². The molecule has 0 bridgehead atoms. The fourth-order valence-electron chi connectivity index (χ4n) is 4.82. The molecule has 2 N–H and O–H groups in total. The first-order valence-corrected chi connectivity index (χ1v) is 10.4. The fourth-order valence-corrected chi connectivity index (χ4v) is 4.82. The average molecular weight is 479 g/mol. The quantitative estimate of drug-likeness (QED) is 0.253. The van der Waals surface area contributed by atoms with E-state index in [1.54, 1.807) is 0 Å². The van der Waals surface area contributed by atoms with Gasteiger partial charge in [0.1, 0.15) is 0 Å². The van der Waals surface area contributed by atoms with Crippen molar-refractivity contribution in [2.24, 2.45) is 16.3 Å². The summed E-state index contributed by atoms with van der Waals surface area (Å²) in [5.41, 5.74) is 0.182. The van der Waals surface area contributed by atoms with Crippen LogP contribution in [0.15, 0.2) is 4.99 Å². The van der Waals surface area contributed by atoms with Crippen LogP contribution in [-0.4, -0.2) is 50.5 Å². The molecule has 3 rings (SSSR count). The summed E-state index contributed by atoms with van der Waals surface area (Å²) in [6, 6.07) is 0.455. The van der Waals surface area contributed by atoms with Gasteiger partial charge in [-0.05, 0) is 32.6 Å². The van der Waals surface area contributed by atoms with E-state index in [0.717, 1.165) is 38.7 Å². The second-order valence-corrected chi connectivity index (χ2v) is 8.43. The molecule has 3 atom stereocenters. The van der Waals surface area contributed by atoms with Gasteiger partial charge in [-0.3, -0.25) is 4.99 Å². The van der Waals surface area contributed by atoms with E-state index in [-0.39, 0.29) is 29.4 Å². The molecular weight excluding hydrogens is 441 g/mol. The molecule has 152 valence electrons. The molecule has 1 aliphatic heterocycles. The third kappa shape index (κ3) is 5.25. The van der Waals surface area contributed by atoms with Crippen molar-refractivity contribution < 1.29 is 9.47 Å². The predicted octanol–water partition coefficient (Wildman–Crippen LogP) is 3.71. The molecule has 0 spiro atoms. The molecule has 0 radical (unpaired) electrons. The van der Waals surface area contributed by atoms with Crippen LogP contribution in [0.1, 0.15) is 65.7 Å². The highest BCUT2D eigenvalue weighted by Gasteiger charge is 2.59. The topological polar surface area (TPSA) is 54.9 Å². The summed E-state index contributed by atoms with van der Waals surface area (Å²) in [5.74, 6) is 1.58. The van der Waals surface area contributed by atoms with Gasteiger partial charge in [-0.1, -0.05) is 33.1 Å². The molecule has 2 saturated carbocycles. The van der Waals surface area contributed by atoms with Crippen LogP contribution < -0.4 is 10.6 Å². The standard InChI is InChI=1S/C20H37N3O2.HI/c1-4-21-19(22-12-8-13-24-15-9-6-5-7-10-15)23-17-16-11-14-25-18(16)20(17,2)3;/h15-18H,4-14H2,1-3H3,(H2,21,22,23);1H. The highest BCUT2D eigenvalue weighted by atomic mass is 127. The van der Waals surface area contributed by atoms with Gasteiger partial charge in [0.15, 0.2) is 5.96 Å². The van der Waals surface area contributed by atoms with E-state index >= 15 is 0 Å². The van der Waals surface area contributed by atoms with Crippen LogP contribution in [0, 0.1) is 11.3 Å². The molecule has 1 saturated heterocycles. The summed E-state index contributed by atoms with van der Waals surface area (Å²) in [5, 5.41) is 7.07. The minimum atomic E-state index is 0. The van der Waals surface area contributed by atoms with Crippen LogP contribution in [0.4, 0.5) is 0 Å². The van der Waals surface area contributed by atoms with Crippen LogP contribution in [0.2, 0.25) is 0 Å². The number of guanidine groups is 1. The zero-order valence-corrected chi connectivity index (χ0v) is 19.1. The Kier molecular flexibility index (Phi) is 8.94. The fraction of sp³-hybridized carbons (Fsp3) is 0.950. The van der Waals surface area contributed by atoms with E-state index in [2.05, 4.69) is 31.4 Å². The highest BCUT2D eigenvalue weighted by molar-refractivity contribution is 14.0. The first-order chi connectivity index (χ1) is 12.1. The Morgan fingerprint density at radius 1 is 1.19 bits per heavy atom. The van der Waals surface area contributed by atoms with Crippen LogP contribution in [0.5, 0.6) is 0 Å². The molecule has 0 aromatic carbocycles. The third-order valence-corrected chi connectivity index (χ3v) is 6.22. The number of fused-ring (bicyclic) bond motifs is 1. The zero-order valence-electron chi connectivity index (χ0n) is 16.8. The van der Waals surface area contributed by atoms with Crippen molar-refractivity contribution in [3.05, 3.63) is 0 Å². The summed E-state index contributed by atoms with van der Waals surface area (Å²) in [4.78, 5) is 4.77. The Labute approximate surface area is 176 Å². The smallest absolute Gasteiger partial charge is 0.191 e. The third-order valence-electron chi connectivity index (χ3n) is 6.22. The van der Waals surface area contributed by atoms with Crippen LogP contribution >= 0.6 is 24.0 Å². The Bertz CT molecular complexity index is 452. The predicted molar refractivity (Wildman–Crippen MR) is 117 cm³/mol. The largest absolute Gasteiger partial charge is 0.378 e. The number of nitrogens with zero attached hydrogens (tertiary/aromatic N) is 1. The summed E-state index contributed by atoms with van der Waals surface area (Å²) in [6.45, 7) is 10.2. The SMILES string of the molecule is CCNC(=NCCCOC1CCCCC1)NC1C2CCOC2C1(C)C.I. The summed E-state index contributed by atoms with van der Waals surface area (Å²) in [6.07, 6.45) is 9.61.